The normalized spacial score (nSPS) is 15.5. The van der Waals surface area contributed by atoms with E-state index < -0.39 is 0 Å². The highest BCUT2D eigenvalue weighted by Crippen LogP contribution is 2.27. The highest BCUT2D eigenvalue weighted by atomic mass is 16.5. The maximum atomic E-state index is 5.28. The summed E-state index contributed by atoms with van der Waals surface area (Å²) in [6.45, 7) is 6.79. The highest BCUT2D eigenvalue weighted by Gasteiger charge is 2.28. The van der Waals surface area contributed by atoms with Crippen LogP contribution in [0.4, 0.5) is 5.69 Å². The first-order valence-electron chi connectivity index (χ1n) is 11.2. The second-order valence-electron chi connectivity index (χ2n) is 8.07. The first kappa shape index (κ1) is 22.1. The van der Waals surface area contributed by atoms with Gasteiger partial charge in [0.25, 0.3) is 0 Å². The molecule has 8 heteroatoms. The number of anilines is 1. The van der Waals surface area contributed by atoms with Gasteiger partial charge in [0.1, 0.15) is 11.5 Å². The average molecular weight is 437 g/mol. The van der Waals surface area contributed by atoms with Gasteiger partial charge in [-0.25, -0.2) is 4.68 Å². The van der Waals surface area contributed by atoms with Crippen molar-refractivity contribution in [3.05, 3.63) is 59.9 Å². The molecule has 0 radical (unpaired) electrons. The molecule has 2 heterocycles. The highest BCUT2D eigenvalue weighted by molar-refractivity contribution is 5.49. The Morgan fingerprint density at radius 3 is 2.09 bits per heavy atom. The molecule has 0 bridgehead atoms. The van der Waals surface area contributed by atoms with Crippen LogP contribution in [0, 0.1) is 0 Å². The minimum Gasteiger partial charge on any atom is -0.497 e. The van der Waals surface area contributed by atoms with Gasteiger partial charge in [-0.1, -0.05) is 25.5 Å². The van der Waals surface area contributed by atoms with E-state index in [1.807, 2.05) is 28.9 Å². The Bertz CT molecular complexity index is 965. The molecule has 2 aromatic carbocycles. The predicted octanol–water partition coefficient (Wildman–Crippen LogP) is 3.40. The summed E-state index contributed by atoms with van der Waals surface area (Å²) in [5.74, 6) is 2.68. The van der Waals surface area contributed by atoms with Crippen molar-refractivity contribution >= 4 is 5.69 Å². The Balaban J connectivity index is 1.44. The number of aromatic nitrogens is 4. The summed E-state index contributed by atoms with van der Waals surface area (Å²) < 4.78 is 12.5. The van der Waals surface area contributed by atoms with Crippen molar-refractivity contribution in [1.29, 1.82) is 0 Å². The second kappa shape index (κ2) is 10.5. The minimum absolute atomic E-state index is 0.214. The molecule has 0 N–H and O–H groups in total. The van der Waals surface area contributed by atoms with Gasteiger partial charge >= 0.3 is 0 Å². The van der Waals surface area contributed by atoms with Crippen LogP contribution in [0.25, 0.3) is 0 Å². The molecule has 32 heavy (non-hydrogen) atoms. The van der Waals surface area contributed by atoms with E-state index in [-0.39, 0.29) is 6.04 Å². The van der Waals surface area contributed by atoms with E-state index in [4.69, 9.17) is 9.47 Å². The molecule has 0 spiro atoms. The topological polar surface area (TPSA) is 68.5 Å². The van der Waals surface area contributed by atoms with Gasteiger partial charge in [0.15, 0.2) is 5.82 Å². The number of benzene rings is 2. The SMILES string of the molecule is CCC[C@H](c1nnnn1Cc1ccc(OC)cc1)N1CCN(c2ccc(OC)cc2)CC1. The fraction of sp³-hybridized carbons (Fsp3) is 0.458. The van der Waals surface area contributed by atoms with Gasteiger partial charge in [-0.3, -0.25) is 4.90 Å². The maximum absolute atomic E-state index is 5.28. The lowest BCUT2D eigenvalue weighted by molar-refractivity contribution is 0.164. The molecule has 4 rings (SSSR count). The molecule has 0 saturated carbocycles. The number of rotatable bonds is 9. The summed E-state index contributed by atoms with van der Waals surface area (Å²) in [6, 6.07) is 16.6. The molecule has 0 amide bonds. The van der Waals surface area contributed by atoms with E-state index in [2.05, 4.69) is 56.5 Å². The Labute approximate surface area is 189 Å². The first-order valence-corrected chi connectivity index (χ1v) is 11.2. The third-order valence-electron chi connectivity index (χ3n) is 6.10. The molecule has 1 saturated heterocycles. The van der Waals surface area contributed by atoms with Gasteiger partial charge < -0.3 is 14.4 Å². The number of tetrazole rings is 1. The number of methoxy groups -OCH3 is 2. The van der Waals surface area contributed by atoms with Crippen LogP contribution in [-0.4, -0.2) is 65.5 Å². The van der Waals surface area contributed by atoms with Gasteiger partial charge in [0.05, 0.1) is 26.8 Å². The lowest BCUT2D eigenvalue weighted by Gasteiger charge is -2.39. The minimum atomic E-state index is 0.214. The van der Waals surface area contributed by atoms with Crippen LogP contribution in [0.2, 0.25) is 0 Å². The molecule has 1 fully saturated rings. The van der Waals surface area contributed by atoms with Gasteiger partial charge in [0, 0.05) is 31.9 Å². The molecule has 0 aliphatic carbocycles. The molecule has 170 valence electrons. The Morgan fingerprint density at radius 2 is 1.50 bits per heavy atom. The third kappa shape index (κ3) is 5.02. The van der Waals surface area contributed by atoms with Gasteiger partial charge in [-0.15, -0.1) is 5.10 Å². The van der Waals surface area contributed by atoms with E-state index in [0.717, 1.165) is 61.9 Å². The van der Waals surface area contributed by atoms with Crippen LogP contribution in [0.5, 0.6) is 11.5 Å². The quantitative estimate of drug-likeness (QED) is 0.509. The van der Waals surface area contributed by atoms with E-state index in [0.29, 0.717) is 6.54 Å². The largest absolute Gasteiger partial charge is 0.497 e. The monoisotopic (exact) mass is 436 g/mol. The Kier molecular flexibility index (Phi) is 7.21. The zero-order valence-electron chi connectivity index (χ0n) is 19.1. The van der Waals surface area contributed by atoms with Gasteiger partial charge in [-0.05, 0) is 58.8 Å². The molecule has 0 unspecified atom stereocenters. The summed E-state index contributed by atoms with van der Waals surface area (Å²) in [4.78, 5) is 4.96. The second-order valence-corrected chi connectivity index (χ2v) is 8.07. The van der Waals surface area contributed by atoms with Crippen molar-refractivity contribution in [3.8, 4) is 11.5 Å². The smallest absolute Gasteiger partial charge is 0.168 e. The first-order chi connectivity index (χ1) is 15.7. The van der Waals surface area contributed by atoms with Crippen LogP contribution in [-0.2, 0) is 6.54 Å². The Hall–Kier alpha value is -3.13. The van der Waals surface area contributed by atoms with Crippen LogP contribution >= 0.6 is 0 Å². The van der Waals surface area contributed by atoms with Crippen molar-refractivity contribution in [2.24, 2.45) is 0 Å². The average Bonchev–Trinajstić information content (AvgIpc) is 3.31. The summed E-state index contributed by atoms with van der Waals surface area (Å²) in [6.07, 6.45) is 2.12. The molecule has 1 atom stereocenters. The lowest BCUT2D eigenvalue weighted by Crippen LogP contribution is -2.48. The van der Waals surface area contributed by atoms with E-state index in [1.165, 1.54) is 5.69 Å². The van der Waals surface area contributed by atoms with Gasteiger partial charge in [-0.2, -0.15) is 0 Å². The van der Waals surface area contributed by atoms with E-state index in [9.17, 15) is 0 Å². The lowest BCUT2D eigenvalue weighted by atomic mass is 10.1. The number of piperazine rings is 1. The molecule has 8 nitrogen and oxygen atoms in total. The number of hydrogen-bond acceptors (Lipinski definition) is 7. The zero-order chi connectivity index (χ0) is 22.3. The van der Waals surface area contributed by atoms with Crippen LogP contribution in [0.1, 0.15) is 37.2 Å². The maximum Gasteiger partial charge on any atom is 0.168 e. The molecular formula is C24H32N6O2. The van der Waals surface area contributed by atoms with Crippen LogP contribution in [0.15, 0.2) is 48.5 Å². The number of nitrogens with zero attached hydrogens (tertiary/aromatic N) is 6. The fourth-order valence-corrected chi connectivity index (χ4v) is 4.30. The summed E-state index contributed by atoms with van der Waals surface area (Å²) in [5.41, 5.74) is 2.39. The molecule has 3 aromatic rings. The predicted molar refractivity (Wildman–Crippen MR) is 124 cm³/mol. The number of hydrogen-bond donors (Lipinski definition) is 0. The van der Waals surface area contributed by atoms with E-state index >= 15 is 0 Å². The number of ether oxygens (including phenoxy) is 2. The molecule has 1 aliphatic rings. The van der Waals surface area contributed by atoms with Crippen molar-refractivity contribution in [2.75, 3.05) is 45.3 Å². The van der Waals surface area contributed by atoms with Gasteiger partial charge in [0.2, 0.25) is 0 Å². The summed E-state index contributed by atoms with van der Waals surface area (Å²) in [5, 5.41) is 12.8. The summed E-state index contributed by atoms with van der Waals surface area (Å²) in [7, 11) is 3.38. The third-order valence-corrected chi connectivity index (χ3v) is 6.10. The van der Waals surface area contributed by atoms with Crippen molar-refractivity contribution in [2.45, 2.75) is 32.4 Å². The van der Waals surface area contributed by atoms with Crippen LogP contribution < -0.4 is 14.4 Å². The van der Waals surface area contributed by atoms with Crippen molar-refractivity contribution in [1.82, 2.24) is 25.1 Å². The molecule has 1 aromatic heterocycles. The van der Waals surface area contributed by atoms with Crippen LogP contribution in [0.3, 0.4) is 0 Å². The molecule has 1 aliphatic heterocycles. The fourth-order valence-electron chi connectivity index (χ4n) is 4.30. The van der Waals surface area contributed by atoms with Crippen molar-refractivity contribution in [3.63, 3.8) is 0 Å². The van der Waals surface area contributed by atoms with Crippen molar-refractivity contribution < 1.29 is 9.47 Å². The van der Waals surface area contributed by atoms with E-state index in [1.54, 1.807) is 14.2 Å². The standard InChI is InChI=1S/C24H32N6O2/c1-4-5-23(24-25-26-27-30(24)18-19-6-10-21(31-2)11-7-19)29-16-14-28(15-17-29)20-8-12-22(32-3)13-9-20/h6-13,23H,4-5,14-18H2,1-3H3/t23-/m1/s1. The Morgan fingerprint density at radius 1 is 0.875 bits per heavy atom. The zero-order valence-corrected chi connectivity index (χ0v) is 19.1. The molecular weight excluding hydrogens is 404 g/mol. The summed E-state index contributed by atoms with van der Waals surface area (Å²) >= 11 is 0.